The fourth-order valence-electron chi connectivity index (χ4n) is 2.31. The van der Waals surface area contributed by atoms with E-state index in [1.54, 1.807) is 42.5 Å². The Bertz CT molecular complexity index is 937. The van der Waals surface area contributed by atoms with Gasteiger partial charge in [0.2, 0.25) is 0 Å². The van der Waals surface area contributed by atoms with Gasteiger partial charge in [0.15, 0.2) is 0 Å². The van der Waals surface area contributed by atoms with Crippen molar-refractivity contribution in [3.63, 3.8) is 0 Å². The number of nitro groups is 1. The predicted octanol–water partition coefficient (Wildman–Crippen LogP) is 4.83. The lowest BCUT2D eigenvalue weighted by molar-refractivity contribution is -0.384. The number of aromatic carboxylic acids is 1. The average molecular weight is 350 g/mol. The van der Waals surface area contributed by atoms with E-state index in [0.717, 1.165) is 0 Å². The van der Waals surface area contributed by atoms with Crippen molar-refractivity contribution in [1.29, 1.82) is 0 Å². The van der Waals surface area contributed by atoms with Gasteiger partial charge in [-0.1, -0.05) is 12.1 Å². The SMILES string of the molecule is O=C(O)c1ccccc1Nc1ccc(Oc2ccc([N+](=O)[O-])cc2)cc1. The van der Waals surface area contributed by atoms with Crippen molar-refractivity contribution in [2.75, 3.05) is 5.32 Å². The number of para-hydroxylation sites is 1. The van der Waals surface area contributed by atoms with Crippen LogP contribution in [0, 0.1) is 10.1 Å². The van der Waals surface area contributed by atoms with Crippen LogP contribution in [0.1, 0.15) is 10.4 Å². The molecule has 0 amide bonds. The number of carboxylic acid groups (broad SMARTS) is 1. The van der Waals surface area contributed by atoms with Crippen LogP contribution in [-0.4, -0.2) is 16.0 Å². The van der Waals surface area contributed by atoms with Crippen LogP contribution in [0.25, 0.3) is 0 Å². The van der Waals surface area contributed by atoms with Crippen LogP contribution in [0.2, 0.25) is 0 Å². The van der Waals surface area contributed by atoms with E-state index in [4.69, 9.17) is 4.74 Å². The summed E-state index contributed by atoms with van der Waals surface area (Å²) in [5.41, 5.74) is 1.37. The predicted molar refractivity (Wildman–Crippen MR) is 96.3 cm³/mol. The quantitative estimate of drug-likeness (QED) is 0.488. The number of nitrogens with one attached hydrogen (secondary N) is 1. The molecule has 0 heterocycles. The molecule has 7 nitrogen and oxygen atoms in total. The molecule has 0 aromatic heterocycles. The minimum atomic E-state index is -1.01. The number of hydrogen-bond donors (Lipinski definition) is 2. The molecule has 0 fully saturated rings. The Morgan fingerprint density at radius 3 is 2.08 bits per heavy atom. The highest BCUT2D eigenvalue weighted by Gasteiger charge is 2.09. The van der Waals surface area contributed by atoms with Gasteiger partial charge in [-0.2, -0.15) is 0 Å². The van der Waals surface area contributed by atoms with Crippen LogP contribution in [0.3, 0.4) is 0 Å². The summed E-state index contributed by atoms with van der Waals surface area (Å²) in [4.78, 5) is 21.4. The van der Waals surface area contributed by atoms with Gasteiger partial charge < -0.3 is 15.2 Å². The average Bonchev–Trinajstić information content (AvgIpc) is 2.64. The molecule has 2 N–H and O–H groups in total. The molecule has 130 valence electrons. The van der Waals surface area contributed by atoms with Crippen LogP contribution >= 0.6 is 0 Å². The van der Waals surface area contributed by atoms with Gasteiger partial charge in [-0.05, 0) is 48.5 Å². The lowest BCUT2D eigenvalue weighted by Crippen LogP contribution is -2.02. The van der Waals surface area contributed by atoms with Crippen molar-refractivity contribution in [2.45, 2.75) is 0 Å². The van der Waals surface area contributed by atoms with Crippen molar-refractivity contribution < 1.29 is 19.6 Å². The first-order chi connectivity index (χ1) is 12.5. The third kappa shape index (κ3) is 3.96. The first kappa shape index (κ1) is 17.0. The van der Waals surface area contributed by atoms with E-state index in [1.807, 2.05) is 0 Å². The molecule has 0 saturated heterocycles. The summed E-state index contributed by atoms with van der Waals surface area (Å²) in [5, 5.41) is 22.9. The molecule has 7 heteroatoms. The van der Waals surface area contributed by atoms with Crippen molar-refractivity contribution >= 4 is 23.0 Å². The fourth-order valence-corrected chi connectivity index (χ4v) is 2.31. The number of rotatable bonds is 6. The number of carbonyl (C=O) groups is 1. The summed E-state index contributed by atoms with van der Waals surface area (Å²) < 4.78 is 5.64. The van der Waals surface area contributed by atoms with Gasteiger partial charge in [-0.25, -0.2) is 4.79 Å². The molecular weight excluding hydrogens is 336 g/mol. The Hall–Kier alpha value is -3.87. The second-order valence-electron chi connectivity index (χ2n) is 5.35. The van der Waals surface area contributed by atoms with Crippen LogP contribution in [0.4, 0.5) is 17.1 Å². The number of hydrogen-bond acceptors (Lipinski definition) is 5. The van der Waals surface area contributed by atoms with Crippen molar-refractivity contribution in [3.05, 3.63) is 88.5 Å². The van der Waals surface area contributed by atoms with E-state index in [1.165, 1.54) is 30.3 Å². The van der Waals surface area contributed by atoms with Crippen LogP contribution in [0.15, 0.2) is 72.8 Å². The highest BCUT2D eigenvalue weighted by molar-refractivity contribution is 5.95. The maximum Gasteiger partial charge on any atom is 0.337 e. The minimum Gasteiger partial charge on any atom is -0.478 e. The zero-order valence-electron chi connectivity index (χ0n) is 13.5. The second kappa shape index (κ2) is 7.35. The van der Waals surface area contributed by atoms with Crippen LogP contribution < -0.4 is 10.1 Å². The molecular formula is C19H14N2O5. The van der Waals surface area contributed by atoms with E-state index in [-0.39, 0.29) is 11.3 Å². The Morgan fingerprint density at radius 2 is 1.50 bits per heavy atom. The van der Waals surface area contributed by atoms with Gasteiger partial charge in [0.05, 0.1) is 16.2 Å². The maximum atomic E-state index is 11.2. The van der Waals surface area contributed by atoms with Gasteiger partial charge in [0, 0.05) is 17.8 Å². The zero-order chi connectivity index (χ0) is 18.5. The molecule has 3 rings (SSSR count). The minimum absolute atomic E-state index is 0.00556. The monoisotopic (exact) mass is 350 g/mol. The largest absolute Gasteiger partial charge is 0.478 e. The number of nitro benzene ring substituents is 1. The standard InChI is InChI=1S/C19H14N2O5/c22-19(23)17-3-1-2-4-18(17)20-13-5-9-15(10-6-13)26-16-11-7-14(8-12-16)21(24)25/h1-12,20H,(H,22,23). The maximum absolute atomic E-state index is 11.2. The normalized spacial score (nSPS) is 10.2. The van der Waals surface area contributed by atoms with E-state index in [0.29, 0.717) is 22.9 Å². The number of ether oxygens (including phenoxy) is 1. The highest BCUT2D eigenvalue weighted by atomic mass is 16.6. The number of benzene rings is 3. The molecule has 0 aliphatic carbocycles. The van der Waals surface area contributed by atoms with Gasteiger partial charge in [-0.3, -0.25) is 10.1 Å². The molecule has 3 aromatic rings. The first-order valence-electron chi connectivity index (χ1n) is 7.64. The summed E-state index contributed by atoms with van der Waals surface area (Å²) in [6, 6.07) is 19.3. The summed E-state index contributed by atoms with van der Waals surface area (Å²) in [7, 11) is 0. The first-order valence-corrected chi connectivity index (χ1v) is 7.64. The molecule has 0 spiro atoms. The van der Waals surface area contributed by atoms with Gasteiger partial charge in [0.1, 0.15) is 11.5 Å². The number of non-ortho nitro benzene ring substituents is 1. The lowest BCUT2D eigenvalue weighted by atomic mass is 10.1. The van der Waals surface area contributed by atoms with Gasteiger partial charge in [0.25, 0.3) is 5.69 Å². The molecule has 0 radical (unpaired) electrons. The van der Waals surface area contributed by atoms with Crippen molar-refractivity contribution in [3.8, 4) is 11.5 Å². The van der Waals surface area contributed by atoms with Crippen LogP contribution in [0.5, 0.6) is 11.5 Å². The van der Waals surface area contributed by atoms with E-state index < -0.39 is 10.9 Å². The second-order valence-corrected chi connectivity index (χ2v) is 5.35. The van der Waals surface area contributed by atoms with E-state index >= 15 is 0 Å². The molecule has 3 aromatic carbocycles. The number of anilines is 2. The lowest BCUT2D eigenvalue weighted by Gasteiger charge is -2.10. The smallest absolute Gasteiger partial charge is 0.337 e. The topological polar surface area (TPSA) is 102 Å². The number of nitrogens with zero attached hydrogens (tertiary/aromatic N) is 1. The molecule has 0 atom stereocenters. The van der Waals surface area contributed by atoms with E-state index in [2.05, 4.69) is 5.32 Å². The Balaban J connectivity index is 1.71. The van der Waals surface area contributed by atoms with Gasteiger partial charge in [-0.15, -0.1) is 0 Å². The van der Waals surface area contributed by atoms with Gasteiger partial charge >= 0.3 is 5.97 Å². The molecule has 0 unspecified atom stereocenters. The van der Waals surface area contributed by atoms with Crippen molar-refractivity contribution in [2.24, 2.45) is 0 Å². The molecule has 0 aliphatic heterocycles. The third-order valence-corrected chi connectivity index (χ3v) is 3.57. The molecule has 0 saturated carbocycles. The summed E-state index contributed by atoms with van der Waals surface area (Å²) in [5.74, 6) is 0.0229. The number of carboxylic acids is 1. The molecule has 26 heavy (non-hydrogen) atoms. The molecule has 0 aliphatic rings. The summed E-state index contributed by atoms with van der Waals surface area (Å²) in [6.07, 6.45) is 0. The summed E-state index contributed by atoms with van der Waals surface area (Å²) >= 11 is 0. The zero-order valence-corrected chi connectivity index (χ0v) is 13.5. The van der Waals surface area contributed by atoms with Crippen LogP contribution in [-0.2, 0) is 0 Å². The highest BCUT2D eigenvalue weighted by Crippen LogP contribution is 2.27. The molecule has 0 bridgehead atoms. The fraction of sp³-hybridized carbons (Fsp3) is 0. The Morgan fingerprint density at radius 1 is 0.923 bits per heavy atom. The van der Waals surface area contributed by atoms with Crippen molar-refractivity contribution in [1.82, 2.24) is 0 Å². The third-order valence-electron chi connectivity index (χ3n) is 3.57. The Labute approximate surface area is 148 Å². The Kier molecular flexibility index (Phi) is 4.80. The summed E-state index contributed by atoms with van der Waals surface area (Å²) in [6.45, 7) is 0. The van der Waals surface area contributed by atoms with E-state index in [9.17, 15) is 20.0 Å².